The van der Waals surface area contributed by atoms with E-state index in [4.69, 9.17) is 10.5 Å². The number of amides is 1. The molecule has 0 fully saturated rings. The van der Waals surface area contributed by atoms with Gasteiger partial charge in [-0.3, -0.25) is 14.6 Å². The van der Waals surface area contributed by atoms with Gasteiger partial charge in [-0.2, -0.15) is 0 Å². The minimum absolute atomic E-state index is 0.0459. The van der Waals surface area contributed by atoms with Crippen molar-refractivity contribution in [1.29, 1.82) is 0 Å². The molecule has 4 aromatic rings. The van der Waals surface area contributed by atoms with Crippen molar-refractivity contribution < 1.29 is 19.4 Å². The molecule has 0 aliphatic rings. The highest BCUT2D eigenvalue weighted by atomic mass is 16.5. The summed E-state index contributed by atoms with van der Waals surface area (Å²) in [6, 6.07) is 18.8. The predicted molar refractivity (Wildman–Crippen MR) is 145 cm³/mol. The quantitative estimate of drug-likeness (QED) is 0.205. The number of aromatic hydroxyl groups is 1. The first kappa shape index (κ1) is 25.7. The van der Waals surface area contributed by atoms with Crippen molar-refractivity contribution in [2.45, 2.75) is 13.8 Å². The van der Waals surface area contributed by atoms with Crippen LogP contribution in [0.1, 0.15) is 45.7 Å². The van der Waals surface area contributed by atoms with Gasteiger partial charge >= 0.3 is 0 Å². The molecular weight excluding hydrogens is 468 g/mol. The summed E-state index contributed by atoms with van der Waals surface area (Å²) in [5, 5.41) is 11.2. The number of aliphatic imine (C=N–C) groups is 1. The minimum atomic E-state index is -0.597. The van der Waals surface area contributed by atoms with Gasteiger partial charge in [0.25, 0.3) is 0 Å². The second-order valence-corrected chi connectivity index (χ2v) is 8.55. The first-order valence-electron chi connectivity index (χ1n) is 12.2. The van der Waals surface area contributed by atoms with Crippen LogP contribution in [0.5, 0.6) is 11.6 Å². The SMILES string of the molecule is CCN(CC)CCOc1ccc(N=Cc2c(O)[nH]c3cc(C(=O)c4cccc(C(N)=O)c4)ccc23)cc1. The largest absolute Gasteiger partial charge is 0.494 e. The lowest BCUT2D eigenvalue weighted by atomic mass is 10.00. The Labute approximate surface area is 215 Å². The van der Waals surface area contributed by atoms with Crippen molar-refractivity contribution in [3.05, 3.63) is 89.0 Å². The fourth-order valence-corrected chi connectivity index (χ4v) is 4.06. The molecule has 3 aromatic carbocycles. The summed E-state index contributed by atoms with van der Waals surface area (Å²) in [5.74, 6) is -0.121. The van der Waals surface area contributed by atoms with Gasteiger partial charge in [0.05, 0.1) is 11.3 Å². The van der Waals surface area contributed by atoms with Crippen LogP contribution in [0.2, 0.25) is 0 Å². The Morgan fingerprint density at radius 2 is 1.70 bits per heavy atom. The number of hydrogen-bond acceptors (Lipinski definition) is 6. The van der Waals surface area contributed by atoms with Crippen molar-refractivity contribution in [1.82, 2.24) is 9.88 Å². The molecule has 0 spiro atoms. The summed E-state index contributed by atoms with van der Waals surface area (Å²) in [5.41, 5.74) is 8.18. The molecule has 4 rings (SSSR count). The number of ether oxygens (including phenoxy) is 1. The zero-order valence-electron chi connectivity index (χ0n) is 20.9. The molecular formula is C29H30N4O4. The third-order valence-electron chi connectivity index (χ3n) is 6.24. The topological polar surface area (TPSA) is 121 Å². The summed E-state index contributed by atoms with van der Waals surface area (Å²) in [6.07, 6.45) is 1.59. The second-order valence-electron chi connectivity index (χ2n) is 8.55. The monoisotopic (exact) mass is 498 g/mol. The molecule has 37 heavy (non-hydrogen) atoms. The highest BCUT2D eigenvalue weighted by Gasteiger charge is 2.15. The zero-order valence-corrected chi connectivity index (χ0v) is 20.9. The molecule has 8 nitrogen and oxygen atoms in total. The molecule has 8 heteroatoms. The number of fused-ring (bicyclic) bond motifs is 1. The lowest BCUT2D eigenvalue weighted by Gasteiger charge is -2.17. The summed E-state index contributed by atoms with van der Waals surface area (Å²) in [7, 11) is 0. The number of H-pyrrole nitrogens is 1. The van der Waals surface area contributed by atoms with Gasteiger partial charge in [0.15, 0.2) is 11.7 Å². The van der Waals surface area contributed by atoms with Gasteiger partial charge in [-0.1, -0.05) is 38.1 Å². The molecule has 0 bridgehead atoms. The molecule has 0 radical (unpaired) electrons. The molecule has 1 aromatic heterocycles. The van der Waals surface area contributed by atoms with E-state index in [1.54, 1.807) is 42.6 Å². The third kappa shape index (κ3) is 6.05. The first-order valence-corrected chi connectivity index (χ1v) is 12.2. The summed E-state index contributed by atoms with van der Waals surface area (Å²) in [6.45, 7) is 7.75. The van der Waals surface area contributed by atoms with Crippen LogP contribution in [0, 0.1) is 0 Å². The van der Waals surface area contributed by atoms with Gasteiger partial charge in [0.1, 0.15) is 12.4 Å². The van der Waals surface area contributed by atoms with Crippen molar-refractivity contribution in [3.63, 3.8) is 0 Å². The van der Waals surface area contributed by atoms with Crippen molar-refractivity contribution in [2.24, 2.45) is 10.7 Å². The number of carbonyl (C=O) groups excluding carboxylic acids is 2. The number of primary amides is 1. The van der Waals surface area contributed by atoms with Gasteiger partial charge in [-0.25, -0.2) is 0 Å². The van der Waals surface area contributed by atoms with Crippen LogP contribution >= 0.6 is 0 Å². The van der Waals surface area contributed by atoms with E-state index in [2.05, 4.69) is 28.7 Å². The fourth-order valence-electron chi connectivity index (χ4n) is 4.06. The Kier molecular flexibility index (Phi) is 8.00. The number of nitrogens with zero attached hydrogens (tertiary/aromatic N) is 2. The number of hydrogen-bond donors (Lipinski definition) is 3. The second kappa shape index (κ2) is 11.5. The van der Waals surface area contributed by atoms with Crippen molar-refractivity contribution in [2.75, 3.05) is 26.2 Å². The number of aromatic nitrogens is 1. The maximum atomic E-state index is 13.0. The van der Waals surface area contributed by atoms with Gasteiger partial charge in [-0.05, 0) is 55.6 Å². The van der Waals surface area contributed by atoms with Crippen molar-refractivity contribution in [3.8, 4) is 11.6 Å². The molecule has 1 amide bonds. The normalized spacial score (nSPS) is 11.4. The summed E-state index contributed by atoms with van der Waals surface area (Å²) < 4.78 is 5.81. The van der Waals surface area contributed by atoms with Crippen LogP contribution in [0.4, 0.5) is 5.69 Å². The standard InChI is InChI=1S/C29H30N4O4/c1-3-33(4-2)14-15-37-23-11-9-22(10-12-23)31-18-25-24-13-8-20(17-26(24)32-29(25)36)27(34)19-6-5-7-21(16-19)28(30)35/h5-13,16-18,32,36H,3-4,14-15H2,1-2H3,(H2,30,35). The summed E-state index contributed by atoms with van der Waals surface area (Å²) >= 11 is 0. The molecule has 1 heterocycles. The van der Waals surface area contributed by atoms with E-state index >= 15 is 0 Å². The molecule has 0 unspecified atom stereocenters. The van der Waals surface area contributed by atoms with E-state index in [1.165, 1.54) is 6.07 Å². The smallest absolute Gasteiger partial charge is 0.248 e. The molecule has 0 saturated carbocycles. The lowest BCUT2D eigenvalue weighted by molar-refractivity contribution is 0.1000. The maximum absolute atomic E-state index is 13.0. The van der Waals surface area contributed by atoms with Gasteiger partial charge in [0.2, 0.25) is 5.91 Å². The number of carbonyl (C=O) groups is 2. The minimum Gasteiger partial charge on any atom is -0.494 e. The van der Waals surface area contributed by atoms with E-state index < -0.39 is 5.91 Å². The maximum Gasteiger partial charge on any atom is 0.248 e. The Morgan fingerprint density at radius 1 is 1.00 bits per heavy atom. The number of rotatable bonds is 11. The number of benzene rings is 3. The van der Waals surface area contributed by atoms with Crippen molar-refractivity contribution >= 4 is 34.5 Å². The number of aromatic amines is 1. The zero-order chi connectivity index (χ0) is 26.4. The molecule has 0 aliphatic heterocycles. The van der Waals surface area contributed by atoms with Gasteiger partial charge in [0, 0.05) is 40.4 Å². The van der Waals surface area contributed by atoms with E-state index in [-0.39, 0.29) is 17.2 Å². The average Bonchev–Trinajstić information content (AvgIpc) is 3.24. The van der Waals surface area contributed by atoms with Gasteiger partial charge in [-0.15, -0.1) is 0 Å². The Balaban J connectivity index is 1.48. The van der Waals surface area contributed by atoms with Crippen LogP contribution in [-0.4, -0.2) is 59.1 Å². The van der Waals surface area contributed by atoms with Crippen LogP contribution in [0.3, 0.4) is 0 Å². The van der Waals surface area contributed by atoms with E-state index in [0.717, 1.165) is 30.8 Å². The van der Waals surface area contributed by atoms with Gasteiger partial charge < -0.3 is 25.5 Å². The molecule has 190 valence electrons. The molecule has 4 N–H and O–H groups in total. The molecule has 0 aliphatic carbocycles. The highest BCUT2D eigenvalue weighted by molar-refractivity contribution is 6.12. The summed E-state index contributed by atoms with van der Waals surface area (Å²) in [4.78, 5) is 34.1. The number of nitrogens with two attached hydrogens (primary N) is 1. The highest BCUT2D eigenvalue weighted by Crippen LogP contribution is 2.28. The first-order chi connectivity index (χ1) is 17.9. The Hall–Kier alpha value is -4.43. The van der Waals surface area contributed by atoms with E-state index in [1.807, 2.05) is 24.3 Å². The fraction of sp³-hybridized carbons (Fsp3) is 0.207. The molecule has 0 saturated heterocycles. The molecule has 0 atom stereocenters. The predicted octanol–water partition coefficient (Wildman–Crippen LogP) is 4.67. The lowest BCUT2D eigenvalue weighted by Crippen LogP contribution is -2.27. The Bertz CT molecular complexity index is 1440. The van der Waals surface area contributed by atoms with Crippen LogP contribution in [0.15, 0.2) is 71.7 Å². The number of nitrogens with one attached hydrogen (secondary N) is 1. The average molecular weight is 499 g/mol. The van der Waals surface area contributed by atoms with Crippen LogP contribution in [0.25, 0.3) is 10.9 Å². The van der Waals surface area contributed by atoms with E-state index in [9.17, 15) is 14.7 Å². The van der Waals surface area contributed by atoms with E-state index in [0.29, 0.717) is 34.5 Å². The number of ketones is 1. The number of likely N-dealkylation sites (N-methyl/N-ethyl adjacent to an activating group) is 1. The third-order valence-corrected chi connectivity index (χ3v) is 6.24. The Morgan fingerprint density at radius 3 is 2.41 bits per heavy atom. The van der Waals surface area contributed by atoms with Crippen LogP contribution in [-0.2, 0) is 0 Å². The van der Waals surface area contributed by atoms with Crippen LogP contribution < -0.4 is 10.5 Å².